The van der Waals surface area contributed by atoms with Crippen molar-refractivity contribution in [1.82, 2.24) is 0 Å². The van der Waals surface area contributed by atoms with Gasteiger partial charge in [-0.05, 0) is 48.0 Å². The number of hydrogen-bond acceptors (Lipinski definition) is 4. The van der Waals surface area contributed by atoms with E-state index in [0.29, 0.717) is 13.2 Å². The van der Waals surface area contributed by atoms with Crippen LogP contribution in [-0.4, -0.2) is 24.4 Å². The molecule has 0 aliphatic carbocycles. The number of nitrogens with one attached hydrogen (secondary N) is 1. The van der Waals surface area contributed by atoms with E-state index in [1.807, 2.05) is 61.5 Å². The molecule has 5 heteroatoms. The maximum atomic E-state index is 12.6. The molecule has 0 unspecified atom stereocenters. The second kappa shape index (κ2) is 7.92. The third-order valence-corrected chi connectivity index (χ3v) is 5.51. The Bertz CT molecular complexity index is 973. The van der Waals surface area contributed by atoms with Gasteiger partial charge in [-0.15, -0.1) is 11.8 Å². The summed E-state index contributed by atoms with van der Waals surface area (Å²) in [6, 6.07) is 19.9. The van der Waals surface area contributed by atoms with Gasteiger partial charge >= 0.3 is 0 Å². The second-order valence-electron chi connectivity index (χ2n) is 6.47. The highest BCUT2D eigenvalue weighted by Gasteiger charge is 2.17. The number of carbonyl (C=O) groups is 1. The first-order valence-electron chi connectivity index (χ1n) is 9.05. The van der Waals surface area contributed by atoms with Crippen LogP contribution in [0.1, 0.15) is 13.3 Å². The second-order valence-corrected chi connectivity index (χ2v) is 7.88. The maximum Gasteiger partial charge on any atom is 0.237 e. The van der Waals surface area contributed by atoms with Crippen LogP contribution in [0.2, 0.25) is 0 Å². The van der Waals surface area contributed by atoms with Crippen LogP contribution < -0.4 is 14.8 Å². The summed E-state index contributed by atoms with van der Waals surface area (Å²) < 4.78 is 11.4. The standard InChI is InChI=1S/C22H21NO3S/c1-15(27-19-9-10-20-21(14-19)26-12-4-11-25-20)22(24)23-18-8-7-16-5-2-3-6-17(16)13-18/h2-3,5-10,13-15H,4,11-12H2,1H3,(H,23,24)/t15-/m1/s1. The van der Waals surface area contributed by atoms with Crippen molar-refractivity contribution in [2.24, 2.45) is 0 Å². The van der Waals surface area contributed by atoms with Gasteiger partial charge in [-0.2, -0.15) is 0 Å². The van der Waals surface area contributed by atoms with E-state index in [2.05, 4.69) is 11.4 Å². The lowest BCUT2D eigenvalue weighted by Crippen LogP contribution is -2.22. The number of benzene rings is 3. The van der Waals surface area contributed by atoms with Gasteiger partial charge in [0, 0.05) is 17.0 Å². The Labute approximate surface area is 162 Å². The summed E-state index contributed by atoms with van der Waals surface area (Å²) in [6.45, 7) is 3.23. The lowest BCUT2D eigenvalue weighted by atomic mass is 10.1. The number of amides is 1. The molecular weight excluding hydrogens is 358 g/mol. The van der Waals surface area contributed by atoms with Gasteiger partial charge in [0.2, 0.25) is 5.91 Å². The van der Waals surface area contributed by atoms with Crippen LogP contribution in [0.25, 0.3) is 10.8 Å². The maximum absolute atomic E-state index is 12.6. The lowest BCUT2D eigenvalue weighted by molar-refractivity contribution is -0.115. The molecule has 1 aliphatic heterocycles. The zero-order chi connectivity index (χ0) is 18.6. The Morgan fingerprint density at radius 1 is 0.963 bits per heavy atom. The minimum Gasteiger partial charge on any atom is -0.490 e. The van der Waals surface area contributed by atoms with Gasteiger partial charge in [0.1, 0.15) is 0 Å². The summed E-state index contributed by atoms with van der Waals surface area (Å²) in [4.78, 5) is 13.6. The highest BCUT2D eigenvalue weighted by molar-refractivity contribution is 8.00. The number of anilines is 1. The highest BCUT2D eigenvalue weighted by Crippen LogP contribution is 2.35. The number of hydrogen-bond donors (Lipinski definition) is 1. The molecule has 0 saturated carbocycles. The van der Waals surface area contributed by atoms with Crippen molar-refractivity contribution in [3.05, 3.63) is 60.7 Å². The first-order valence-corrected chi connectivity index (χ1v) is 9.93. The number of fused-ring (bicyclic) bond motifs is 2. The number of ether oxygens (including phenoxy) is 2. The molecule has 27 heavy (non-hydrogen) atoms. The van der Waals surface area contributed by atoms with Crippen molar-refractivity contribution >= 4 is 34.1 Å². The summed E-state index contributed by atoms with van der Waals surface area (Å²) in [5.41, 5.74) is 0.810. The fourth-order valence-corrected chi connectivity index (χ4v) is 3.88. The Hall–Kier alpha value is -2.66. The minimum absolute atomic E-state index is 0.0256. The molecule has 0 aromatic heterocycles. The predicted octanol–water partition coefficient (Wildman–Crippen LogP) is 5.12. The zero-order valence-corrected chi connectivity index (χ0v) is 15.9. The normalized spacial score (nSPS) is 14.4. The van der Waals surface area contributed by atoms with Crippen LogP contribution in [0.15, 0.2) is 65.6 Å². The largest absolute Gasteiger partial charge is 0.490 e. The third-order valence-electron chi connectivity index (χ3n) is 4.42. The average molecular weight is 379 g/mol. The van der Waals surface area contributed by atoms with Crippen LogP contribution in [-0.2, 0) is 4.79 Å². The molecular formula is C22H21NO3S. The summed E-state index contributed by atoms with van der Waals surface area (Å²) in [7, 11) is 0. The zero-order valence-electron chi connectivity index (χ0n) is 15.1. The fraction of sp³-hybridized carbons (Fsp3) is 0.227. The molecule has 0 spiro atoms. The van der Waals surface area contributed by atoms with Crippen molar-refractivity contribution < 1.29 is 14.3 Å². The van der Waals surface area contributed by atoms with E-state index in [0.717, 1.165) is 39.3 Å². The minimum atomic E-state index is -0.235. The Kier molecular flexibility index (Phi) is 5.21. The molecule has 4 nitrogen and oxygen atoms in total. The van der Waals surface area contributed by atoms with E-state index in [-0.39, 0.29) is 11.2 Å². The molecule has 1 heterocycles. The van der Waals surface area contributed by atoms with Crippen molar-refractivity contribution in [2.45, 2.75) is 23.5 Å². The van der Waals surface area contributed by atoms with E-state index in [9.17, 15) is 4.79 Å². The molecule has 4 rings (SSSR count). The van der Waals surface area contributed by atoms with E-state index in [4.69, 9.17) is 9.47 Å². The van der Waals surface area contributed by atoms with Crippen molar-refractivity contribution in [1.29, 1.82) is 0 Å². The first-order chi connectivity index (χ1) is 13.2. The molecule has 0 saturated heterocycles. The SMILES string of the molecule is C[C@@H](Sc1ccc2c(c1)OCCCO2)C(=O)Nc1ccc2ccccc2c1. The van der Waals surface area contributed by atoms with Crippen LogP contribution in [0.5, 0.6) is 11.5 Å². The van der Waals surface area contributed by atoms with Crippen molar-refractivity contribution in [3.8, 4) is 11.5 Å². The average Bonchev–Trinajstić information content (AvgIpc) is 2.93. The van der Waals surface area contributed by atoms with Gasteiger partial charge in [-0.25, -0.2) is 0 Å². The van der Waals surface area contributed by atoms with E-state index in [1.54, 1.807) is 0 Å². The molecule has 3 aromatic carbocycles. The Balaban J connectivity index is 1.43. The topological polar surface area (TPSA) is 47.6 Å². The molecule has 0 bridgehead atoms. The van der Waals surface area contributed by atoms with Crippen LogP contribution in [0, 0.1) is 0 Å². The van der Waals surface area contributed by atoms with Gasteiger partial charge in [0.05, 0.1) is 18.5 Å². The first kappa shape index (κ1) is 17.7. The molecule has 0 fully saturated rings. The van der Waals surface area contributed by atoms with Crippen LogP contribution >= 0.6 is 11.8 Å². The Morgan fingerprint density at radius 2 is 1.74 bits per heavy atom. The lowest BCUT2D eigenvalue weighted by Gasteiger charge is -2.14. The van der Waals surface area contributed by atoms with E-state index < -0.39 is 0 Å². The molecule has 1 amide bonds. The number of carbonyl (C=O) groups excluding carboxylic acids is 1. The van der Waals surface area contributed by atoms with E-state index >= 15 is 0 Å². The molecule has 0 radical (unpaired) electrons. The van der Waals surface area contributed by atoms with Gasteiger partial charge < -0.3 is 14.8 Å². The molecule has 3 aromatic rings. The van der Waals surface area contributed by atoms with Crippen LogP contribution in [0.4, 0.5) is 5.69 Å². The summed E-state index contributed by atoms with van der Waals surface area (Å²) in [6.07, 6.45) is 0.877. The fourth-order valence-electron chi connectivity index (χ4n) is 2.99. The summed E-state index contributed by atoms with van der Waals surface area (Å²) in [5.74, 6) is 1.49. The van der Waals surface area contributed by atoms with Crippen molar-refractivity contribution in [2.75, 3.05) is 18.5 Å². The summed E-state index contributed by atoms with van der Waals surface area (Å²) in [5, 5.41) is 5.04. The van der Waals surface area contributed by atoms with E-state index in [1.165, 1.54) is 11.8 Å². The molecule has 138 valence electrons. The number of rotatable bonds is 4. The quantitative estimate of drug-likeness (QED) is 0.639. The number of thioether (sulfide) groups is 1. The predicted molar refractivity (Wildman–Crippen MR) is 110 cm³/mol. The van der Waals surface area contributed by atoms with Gasteiger partial charge in [0.25, 0.3) is 0 Å². The van der Waals surface area contributed by atoms with Gasteiger partial charge in [-0.1, -0.05) is 30.3 Å². The van der Waals surface area contributed by atoms with Crippen molar-refractivity contribution in [3.63, 3.8) is 0 Å². The van der Waals surface area contributed by atoms with Gasteiger partial charge in [-0.3, -0.25) is 4.79 Å². The highest BCUT2D eigenvalue weighted by atomic mass is 32.2. The third kappa shape index (κ3) is 4.19. The summed E-state index contributed by atoms with van der Waals surface area (Å²) >= 11 is 1.51. The molecule has 1 aliphatic rings. The Morgan fingerprint density at radius 3 is 2.59 bits per heavy atom. The molecule has 1 atom stereocenters. The molecule has 1 N–H and O–H groups in total. The smallest absolute Gasteiger partial charge is 0.237 e. The van der Waals surface area contributed by atoms with Crippen LogP contribution in [0.3, 0.4) is 0 Å². The van der Waals surface area contributed by atoms with Gasteiger partial charge in [0.15, 0.2) is 11.5 Å². The monoisotopic (exact) mass is 379 g/mol.